The van der Waals surface area contributed by atoms with Gasteiger partial charge in [-0.15, -0.1) is 11.3 Å². The minimum absolute atomic E-state index is 0.728. The Morgan fingerprint density at radius 2 is 2.67 bits per heavy atom. The number of rotatable bonds is 0. The van der Waals surface area contributed by atoms with Gasteiger partial charge in [0.2, 0.25) is 0 Å². The fraction of sp³-hybridized carbons (Fsp3) is 0.200. The summed E-state index contributed by atoms with van der Waals surface area (Å²) >= 11 is 1.61. The molecule has 0 radical (unpaired) electrons. The quantitative estimate of drug-likeness (QED) is 0.584. The zero-order chi connectivity index (χ0) is 6.10. The van der Waals surface area contributed by atoms with E-state index in [9.17, 15) is 0 Å². The molecular formula is C5H5N3S. The molecule has 1 aromatic heterocycles. The number of hydrogen-bond donors (Lipinski definition) is 1. The molecule has 0 saturated carbocycles. The number of nitrogens with zero attached hydrogens (tertiary/aromatic N) is 2. The lowest BCUT2D eigenvalue weighted by molar-refractivity contribution is 1.01. The smallest absolute Gasteiger partial charge is 0.119 e. The maximum Gasteiger partial charge on any atom is 0.119 e. The van der Waals surface area contributed by atoms with E-state index in [0.29, 0.717) is 0 Å². The topological polar surface area (TPSA) is 37.3 Å². The number of thiazole rings is 1. The van der Waals surface area contributed by atoms with Crippen molar-refractivity contribution in [3.63, 3.8) is 0 Å². The van der Waals surface area contributed by atoms with Crippen LogP contribution in [0.2, 0.25) is 0 Å². The molecular weight excluding hydrogens is 134 g/mol. The molecule has 0 unspecified atom stereocenters. The molecule has 1 aromatic rings. The van der Waals surface area contributed by atoms with Crippen LogP contribution in [0.1, 0.15) is 5.69 Å². The van der Waals surface area contributed by atoms with E-state index in [1.54, 1.807) is 17.7 Å². The van der Waals surface area contributed by atoms with E-state index in [-0.39, 0.29) is 0 Å². The lowest BCUT2D eigenvalue weighted by Crippen LogP contribution is -2.01. The average Bonchev–Trinajstić information content (AvgIpc) is 2.33. The van der Waals surface area contributed by atoms with Crippen LogP contribution in [0.3, 0.4) is 0 Å². The zero-order valence-electron chi connectivity index (χ0n) is 4.66. The summed E-state index contributed by atoms with van der Waals surface area (Å²) in [5.41, 5.74) is 2.88. The Labute approximate surface area is 56.5 Å². The number of nitrogens with one attached hydrogen (secondary N) is 1. The van der Waals surface area contributed by atoms with Crippen LogP contribution in [0, 0.1) is 0 Å². The highest BCUT2D eigenvalue weighted by Gasteiger charge is 2.05. The van der Waals surface area contributed by atoms with Gasteiger partial charge in [0.05, 0.1) is 24.1 Å². The third-order valence-electron chi connectivity index (χ3n) is 1.17. The van der Waals surface area contributed by atoms with Gasteiger partial charge in [-0.2, -0.15) is 0 Å². The molecule has 2 rings (SSSR count). The highest BCUT2D eigenvalue weighted by molar-refractivity contribution is 7.14. The number of fused-ring (bicyclic) bond motifs is 1. The monoisotopic (exact) mass is 139 g/mol. The fourth-order valence-corrected chi connectivity index (χ4v) is 1.40. The second-order valence-electron chi connectivity index (χ2n) is 1.74. The zero-order valence-corrected chi connectivity index (χ0v) is 5.48. The Bertz CT molecular complexity index is 218. The van der Waals surface area contributed by atoms with E-state index in [1.165, 1.54) is 0 Å². The van der Waals surface area contributed by atoms with Gasteiger partial charge in [0.1, 0.15) is 5.00 Å². The van der Waals surface area contributed by atoms with Gasteiger partial charge in [0, 0.05) is 0 Å². The minimum atomic E-state index is 0.728. The Morgan fingerprint density at radius 3 is 3.56 bits per heavy atom. The fourth-order valence-electron chi connectivity index (χ4n) is 0.736. The predicted octanol–water partition coefficient (Wildman–Crippen LogP) is 1.10. The summed E-state index contributed by atoms with van der Waals surface area (Å²) in [6.07, 6.45) is 1.71. The highest BCUT2D eigenvalue weighted by atomic mass is 32.1. The summed E-state index contributed by atoms with van der Waals surface area (Å²) in [6.45, 7) is 0.728. The average molecular weight is 139 g/mol. The normalized spacial score (nSPS) is 14.7. The first-order valence-corrected chi connectivity index (χ1v) is 3.52. The molecule has 0 aliphatic carbocycles. The van der Waals surface area contributed by atoms with Crippen LogP contribution in [0.15, 0.2) is 10.5 Å². The molecule has 0 spiro atoms. The van der Waals surface area contributed by atoms with Gasteiger partial charge >= 0.3 is 0 Å². The van der Waals surface area contributed by atoms with E-state index >= 15 is 0 Å². The molecule has 2 heterocycles. The van der Waals surface area contributed by atoms with Crippen LogP contribution in [0.5, 0.6) is 0 Å². The number of hydrogen-bond acceptors (Lipinski definition) is 4. The summed E-state index contributed by atoms with van der Waals surface area (Å²) in [5, 5.41) is 4.14. The van der Waals surface area contributed by atoms with Crippen LogP contribution >= 0.6 is 11.3 Å². The van der Waals surface area contributed by atoms with Crippen LogP contribution < -0.4 is 5.32 Å². The molecule has 0 aromatic carbocycles. The molecule has 46 valence electrons. The van der Waals surface area contributed by atoms with Crippen molar-refractivity contribution in [2.75, 3.05) is 5.32 Å². The van der Waals surface area contributed by atoms with E-state index in [2.05, 4.69) is 15.3 Å². The van der Waals surface area contributed by atoms with Gasteiger partial charge in [0.15, 0.2) is 0 Å². The molecule has 1 aliphatic heterocycles. The van der Waals surface area contributed by atoms with Crippen molar-refractivity contribution in [2.24, 2.45) is 4.99 Å². The van der Waals surface area contributed by atoms with Crippen molar-refractivity contribution >= 4 is 22.7 Å². The Balaban J connectivity index is 2.46. The van der Waals surface area contributed by atoms with Crippen molar-refractivity contribution in [3.05, 3.63) is 11.2 Å². The largest absolute Gasteiger partial charge is 0.337 e. The molecule has 1 N–H and O–H groups in total. The molecule has 0 atom stereocenters. The van der Waals surface area contributed by atoms with Gasteiger partial charge in [-0.25, -0.2) is 4.98 Å². The first-order chi connectivity index (χ1) is 4.47. The van der Waals surface area contributed by atoms with Crippen LogP contribution in [0.25, 0.3) is 0 Å². The van der Waals surface area contributed by atoms with Crippen molar-refractivity contribution < 1.29 is 0 Å². The third-order valence-corrected chi connectivity index (χ3v) is 1.97. The van der Waals surface area contributed by atoms with Crippen LogP contribution in [-0.4, -0.2) is 11.3 Å². The summed E-state index contributed by atoms with van der Waals surface area (Å²) in [5.74, 6) is 0. The van der Waals surface area contributed by atoms with Crippen molar-refractivity contribution in [1.82, 2.24) is 4.98 Å². The Hall–Kier alpha value is -0.900. The first kappa shape index (κ1) is 4.93. The van der Waals surface area contributed by atoms with Crippen molar-refractivity contribution in [1.29, 1.82) is 0 Å². The molecule has 0 amide bonds. The second-order valence-corrected chi connectivity index (χ2v) is 2.60. The first-order valence-electron chi connectivity index (χ1n) is 2.64. The second kappa shape index (κ2) is 1.80. The van der Waals surface area contributed by atoms with E-state index in [1.807, 2.05) is 5.51 Å². The lowest BCUT2D eigenvalue weighted by Gasteiger charge is -2.02. The van der Waals surface area contributed by atoms with Crippen LogP contribution in [0.4, 0.5) is 5.00 Å². The summed E-state index contributed by atoms with van der Waals surface area (Å²) in [4.78, 5) is 8.10. The van der Waals surface area contributed by atoms with Crippen molar-refractivity contribution in [2.45, 2.75) is 6.54 Å². The molecule has 0 saturated heterocycles. The van der Waals surface area contributed by atoms with E-state index in [4.69, 9.17) is 0 Å². The maximum atomic E-state index is 4.10. The molecule has 1 aliphatic rings. The molecule has 3 nitrogen and oxygen atoms in total. The SMILES string of the molecule is C1=NCc2ncsc2N1. The summed E-state index contributed by atoms with van der Waals surface area (Å²) < 4.78 is 0. The van der Waals surface area contributed by atoms with Crippen molar-refractivity contribution in [3.8, 4) is 0 Å². The van der Waals surface area contributed by atoms with E-state index in [0.717, 1.165) is 17.2 Å². The minimum Gasteiger partial charge on any atom is -0.337 e. The summed E-state index contributed by atoms with van der Waals surface area (Å²) in [6, 6.07) is 0. The summed E-state index contributed by atoms with van der Waals surface area (Å²) in [7, 11) is 0. The van der Waals surface area contributed by atoms with Crippen LogP contribution in [-0.2, 0) is 6.54 Å². The molecule has 0 bridgehead atoms. The molecule has 4 heteroatoms. The van der Waals surface area contributed by atoms with Gasteiger partial charge in [-0.05, 0) is 0 Å². The molecule has 9 heavy (non-hydrogen) atoms. The van der Waals surface area contributed by atoms with Gasteiger partial charge in [0.25, 0.3) is 0 Å². The highest BCUT2D eigenvalue weighted by Crippen LogP contribution is 2.21. The standard InChI is InChI=1S/C5H5N3S/c1-4-5(7-2-6-1)9-3-8-4/h2-3H,1H2,(H,6,7). The van der Waals surface area contributed by atoms with Gasteiger partial charge < -0.3 is 5.32 Å². The van der Waals surface area contributed by atoms with Gasteiger partial charge in [-0.3, -0.25) is 4.99 Å². The Kier molecular flexibility index (Phi) is 0.989. The number of anilines is 1. The maximum absolute atomic E-state index is 4.10. The molecule has 0 fully saturated rings. The van der Waals surface area contributed by atoms with Gasteiger partial charge in [-0.1, -0.05) is 0 Å². The lowest BCUT2D eigenvalue weighted by atomic mass is 10.4. The Morgan fingerprint density at radius 1 is 1.67 bits per heavy atom. The predicted molar refractivity (Wildman–Crippen MR) is 37.9 cm³/mol. The number of aliphatic imine (C=N–C) groups is 1. The number of aromatic nitrogens is 1. The third kappa shape index (κ3) is 0.712. The van der Waals surface area contributed by atoms with E-state index < -0.39 is 0 Å².